The molecule has 1 fully saturated rings. The van der Waals surface area contributed by atoms with Crippen molar-refractivity contribution in [3.05, 3.63) is 64.7 Å². The monoisotopic (exact) mass is 434 g/mol. The van der Waals surface area contributed by atoms with Crippen molar-refractivity contribution in [2.24, 2.45) is 0 Å². The summed E-state index contributed by atoms with van der Waals surface area (Å²) in [4.78, 5) is 62.6. The molecule has 4 rings (SSSR count). The Morgan fingerprint density at radius 1 is 1.06 bits per heavy atom. The molecule has 1 atom stereocenters. The molecule has 164 valence electrons. The Balaban J connectivity index is 1.43. The van der Waals surface area contributed by atoms with Crippen LogP contribution >= 0.6 is 0 Å². The molecular weight excluding hydrogens is 412 g/mol. The molecule has 1 unspecified atom stereocenters. The van der Waals surface area contributed by atoms with Gasteiger partial charge >= 0.3 is 0 Å². The third-order valence-corrected chi connectivity index (χ3v) is 5.63. The topological polar surface area (TPSA) is 110 Å². The molecule has 0 spiro atoms. The number of imide groups is 2. The first-order chi connectivity index (χ1) is 15.3. The van der Waals surface area contributed by atoms with E-state index in [1.165, 1.54) is 12.1 Å². The second-order valence-electron chi connectivity index (χ2n) is 7.94. The number of Topliss-reactive ketones (excluding diaryl/α,β-unsaturated/α-hetero) is 1. The van der Waals surface area contributed by atoms with E-state index in [1.807, 2.05) is 31.2 Å². The van der Waals surface area contributed by atoms with E-state index in [9.17, 15) is 24.0 Å². The number of carbonyl (C=O) groups is 5. The van der Waals surface area contributed by atoms with Gasteiger partial charge in [0.1, 0.15) is 18.4 Å². The largest absolute Gasteiger partial charge is 0.485 e. The second-order valence-corrected chi connectivity index (χ2v) is 7.94. The molecule has 0 aromatic heterocycles. The number of ketones is 1. The molecule has 0 saturated carbocycles. The highest BCUT2D eigenvalue weighted by Gasteiger charge is 2.46. The highest BCUT2D eigenvalue weighted by atomic mass is 16.5. The number of nitrogens with zero attached hydrogens (tertiary/aromatic N) is 1. The van der Waals surface area contributed by atoms with E-state index in [0.717, 1.165) is 16.0 Å². The Morgan fingerprint density at radius 2 is 1.81 bits per heavy atom. The lowest BCUT2D eigenvalue weighted by Gasteiger charge is -2.27. The molecule has 2 aliphatic rings. The van der Waals surface area contributed by atoms with Gasteiger partial charge in [-0.3, -0.25) is 34.2 Å². The van der Waals surface area contributed by atoms with Gasteiger partial charge in [-0.2, -0.15) is 0 Å². The summed E-state index contributed by atoms with van der Waals surface area (Å²) in [6, 6.07) is 11.4. The number of piperidine rings is 1. The zero-order valence-corrected chi connectivity index (χ0v) is 17.6. The van der Waals surface area contributed by atoms with Crippen LogP contribution in [0.5, 0.6) is 5.75 Å². The molecule has 1 N–H and O–H groups in total. The molecule has 2 heterocycles. The van der Waals surface area contributed by atoms with Gasteiger partial charge in [0.15, 0.2) is 5.78 Å². The number of aryl methyl sites for hydroxylation is 2. The van der Waals surface area contributed by atoms with Gasteiger partial charge in [0.05, 0.1) is 11.1 Å². The summed E-state index contributed by atoms with van der Waals surface area (Å²) < 4.78 is 5.61. The van der Waals surface area contributed by atoms with Crippen LogP contribution in [0.25, 0.3) is 0 Å². The maximum absolute atomic E-state index is 13.0. The molecule has 8 nitrogen and oxygen atoms in total. The maximum Gasteiger partial charge on any atom is 0.266 e. The van der Waals surface area contributed by atoms with E-state index < -0.39 is 29.7 Å². The number of ether oxygens (including phenoxy) is 1. The van der Waals surface area contributed by atoms with Gasteiger partial charge in [0, 0.05) is 12.8 Å². The van der Waals surface area contributed by atoms with E-state index in [-0.39, 0.29) is 48.5 Å². The number of amides is 4. The third-order valence-electron chi connectivity index (χ3n) is 5.63. The first kappa shape index (κ1) is 21.4. The van der Waals surface area contributed by atoms with E-state index >= 15 is 0 Å². The van der Waals surface area contributed by atoms with Gasteiger partial charge in [-0.05, 0) is 37.5 Å². The molecule has 2 aromatic carbocycles. The molecule has 8 heteroatoms. The van der Waals surface area contributed by atoms with Crippen LogP contribution in [0.15, 0.2) is 42.5 Å². The number of hydrogen-bond acceptors (Lipinski definition) is 6. The lowest BCUT2D eigenvalue weighted by molar-refractivity contribution is -0.136. The summed E-state index contributed by atoms with van der Waals surface area (Å²) in [6.07, 6.45) is 0.982. The molecule has 4 amide bonds. The van der Waals surface area contributed by atoms with E-state index in [0.29, 0.717) is 6.42 Å². The number of hydrogen-bond donors (Lipinski definition) is 1. The van der Waals surface area contributed by atoms with E-state index in [2.05, 4.69) is 5.32 Å². The SMILES string of the molecule is Cc1ccc(CCC(=O)COc2cccc3c2C(=O)N(C2CCC(=O)NC2=O)C3=O)cc1. The van der Waals surface area contributed by atoms with Crippen LogP contribution < -0.4 is 10.1 Å². The first-order valence-electron chi connectivity index (χ1n) is 10.4. The smallest absolute Gasteiger partial charge is 0.266 e. The molecule has 2 aliphatic heterocycles. The molecule has 0 bridgehead atoms. The summed E-state index contributed by atoms with van der Waals surface area (Å²) in [5.74, 6) is -2.40. The van der Waals surface area contributed by atoms with Gasteiger partial charge in [-0.15, -0.1) is 0 Å². The third kappa shape index (κ3) is 4.16. The summed E-state index contributed by atoms with van der Waals surface area (Å²) in [6.45, 7) is 1.76. The first-order valence-corrected chi connectivity index (χ1v) is 10.4. The highest BCUT2D eigenvalue weighted by Crippen LogP contribution is 2.33. The van der Waals surface area contributed by atoms with E-state index in [1.54, 1.807) is 6.07 Å². The molecular formula is C24H22N2O6. The predicted octanol–water partition coefficient (Wildman–Crippen LogP) is 1.98. The predicted molar refractivity (Wildman–Crippen MR) is 113 cm³/mol. The molecule has 32 heavy (non-hydrogen) atoms. The van der Waals surface area contributed by atoms with Crippen molar-refractivity contribution in [3.8, 4) is 5.75 Å². The standard InChI is InChI=1S/C24H22N2O6/c1-14-5-7-15(8-6-14)9-10-16(27)13-32-19-4-2-3-17-21(19)24(31)26(23(17)30)18-11-12-20(28)25-22(18)29/h2-8,18H,9-13H2,1H3,(H,25,28,29). The summed E-state index contributed by atoms with van der Waals surface area (Å²) in [5, 5.41) is 2.16. The minimum Gasteiger partial charge on any atom is -0.485 e. The minimum absolute atomic E-state index is 0.0357. The van der Waals surface area contributed by atoms with Crippen LogP contribution in [0, 0.1) is 6.92 Å². The lowest BCUT2D eigenvalue weighted by Crippen LogP contribution is -2.54. The highest BCUT2D eigenvalue weighted by molar-refractivity contribution is 6.24. The Labute approximate surface area is 184 Å². The van der Waals surface area contributed by atoms with Gasteiger partial charge in [0.25, 0.3) is 11.8 Å². The Bertz CT molecular complexity index is 1120. The van der Waals surface area contributed by atoms with Gasteiger partial charge in [-0.1, -0.05) is 35.9 Å². The van der Waals surface area contributed by atoms with Gasteiger partial charge in [0.2, 0.25) is 11.8 Å². The average Bonchev–Trinajstić information content (AvgIpc) is 3.03. The average molecular weight is 434 g/mol. The van der Waals surface area contributed by atoms with Gasteiger partial charge in [-0.25, -0.2) is 0 Å². The van der Waals surface area contributed by atoms with Crippen LogP contribution in [0.4, 0.5) is 0 Å². The Kier molecular flexibility index (Phi) is 5.85. The van der Waals surface area contributed by atoms with Gasteiger partial charge < -0.3 is 4.74 Å². The maximum atomic E-state index is 13.0. The van der Waals surface area contributed by atoms with E-state index in [4.69, 9.17) is 4.74 Å². The quantitative estimate of drug-likeness (QED) is 0.668. The van der Waals surface area contributed by atoms with Crippen LogP contribution in [-0.2, 0) is 20.8 Å². The van der Waals surface area contributed by atoms with Crippen LogP contribution in [0.1, 0.15) is 51.1 Å². The fourth-order valence-electron chi connectivity index (χ4n) is 3.87. The van der Waals surface area contributed by atoms with Crippen molar-refractivity contribution >= 4 is 29.4 Å². The number of nitrogens with one attached hydrogen (secondary N) is 1. The van der Waals surface area contributed by atoms with Crippen LogP contribution in [-0.4, -0.2) is 47.0 Å². The Hall–Kier alpha value is -3.81. The molecule has 0 aliphatic carbocycles. The lowest BCUT2D eigenvalue weighted by atomic mass is 10.0. The zero-order valence-electron chi connectivity index (χ0n) is 17.6. The van der Waals surface area contributed by atoms with Crippen LogP contribution in [0.2, 0.25) is 0 Å². The molecule has 1 saturated heterocycles. The number of carbonyl (C=O) groups excluding carboxylic acids is 5. The zero-order chi connectivity index (χ0) is 22.8. The fourth-order valence-corrected chi connectivity index (χ4v) is 3.87. The summed E-state index contributed by atoms with van der Waals surface area (Å²) >= 11 is 0. The minimum atomic E-state index is -1.05. The Morgan fingerprint density at radius 3 is 2.53 bits per heavy atom. The van der Waals surface area contributed by atoms with Crippen molar-refractivity contribution in [2.75, 3.05) is 6.61 Å². The van der Waals surface area contributed by atoms with Crippen molar-refractivity contribution < 1.29 is 28.7 Å². The van der Waals surface area contributed by atoms with Crippen LogP contribution in [0.3, 0.4) is 0 Å². The fraction of sp³-hybridized carbons (Fsp3) is 0.292. The van der Waals surface area contributed by atoms with Crippen molar-refractivity contribution in [2.45, 2.75) is 38.6 Å². The summed E-state index contributed by atoms with van der Waals surface area (Å²) in [5.41, 5.74) is 2.34. The second kappa shape index (κ2) is 8.74. The molecule has 0 radical (unpaired) electrons. The molecule has 2 aromatic rings. The number of rotatable bonds is 7. The number of benzene rings is 2. The van der Waals surface area contributed by atoms with Crippen molar-refractivity contribution in [1.29, 1.82) is 0 Å². The van der Waals surface area contributed by atoms with Crippen molar-refractivity contribution in [3.63, 3.8) is 0 Å². The van der Waals surface area contributed by atoms with Crippen molar-refractivity contribution in [1.82, 2.24) is 10.2 Å². The normalized spacial score (nSPS) is 17.9. The summed E-state index contributed by atoms with van der Waals surface area (Å²) in [7, 11) is 0. The number of fused-ring (bicyclic) bond motifs is 1.